The molecule has 2 aromatic rings. The molecule has 1 aromatic carbocycles. The number of nitrogens with zero attached hydrogens (tertiary/aromatic N) is 1. The number of anilines is 1. The molecule has 2 rings (SSSR count). The molecule has 0 unspecified atom stereocenters. The summed E-state index contributed by atoms with van der Waals surface area (Å²) in [5, 5.41) is 9.27. The number of hydrogen-bond acceptors (Lipinski definition) is 2. The van der Waals surface area contributed by atoms with E-state index in [0.29, 0.717) is 5.82 Å². The summed E-state index contributed by atoms with van der Waals surface area (Å²) in [5.74, 6) is -2.00. The molecular formula is C14H15F2N3O. The molecule has 6 heteroatoms. The maximum Gasteiger partial charge on any atom is 0.230 e. The highest BCUT2D eigenvalue weighted by Crippen LogP contribution is 2.13. The number of aromatic amines is 1. The number of carbonyl (C=O) groups excluding carboxylic acids is 1. The van der Waals surface area contributed by atoms with Crippen LogP contribution in [0.1, 0.15) is 24.6 Å². The summed E-state index contributed by atoms with van der Waals surface area (Å²) < 4.78 is 26.4. The number of carbonyl (C=O) groups is 1. The van der Waals surface area contributed by atoms with E-state index in [1.54, 1.807) is 6.07 Å². The van der Waals surface area contributed by atoms with Crippen LogP contribution in [0.3, 0.4) is 0 Å². The predicted octanol–water partition coefficient (Wildman–Crippen LogP) is 2.82. The van der Waals surface area contributed by atoms with Crippen LogP contribution < -0.4 is 5.32 Å². The van der Waals surface area contributed by atoms with Gasteiger partial charge in [-0.15, -0.1) is 0 Å². The van der Waals surface area contributed by atoms with Gasteiger partial charge in [-0.05, 0) is 12.5 Å². The number of nitrogens with one attached hydrogen (secondary N) is 2. The summed E-state index contributed by atoms with van der Waals surface area (Å²) in [6, 6.07) is 5.49. The van der Waals surface area contributed by atoms with Crippen molar-refractivity contribution in [2.45, 2.75) is 26.2 Å². The minimum atomic E-state index is -0.989. The van der Waals surface area contributed by atoms with Crippen LogP contribution in [-0.4, -0.2) is 16.1 Å². The predicted molar refractivity (Wildman–Crippen MR) is 71.3 cm³/mol. The Bertz CT molecular complexity index is 610. The molecule has 1 heterocycles. The smallest absolute Gasteiger partial charge is 0.230 e. The van der Waals surface area contributed by atoms with Crippen LogP contribution >= 0.6 is 0 Å². The molecule has 1 amide bonds. The van der Waals surface area contributed by atoms with Gasteiger partial charge in [0.1, 0.15) is 0 Å². The van der Waals surface area contributed by atoms with Crippen molar-refractivity contribution in [2.24, 2.45) is 0 Å². The zero-order valence-electron chi connectivity index (χ0n) is 11.0. The van der Waals surface area contributed by atoms with E-state index in [1.165, 1.54) is 12.1 Å². The highest BCUT2D eigenvalue weighted by atomic mass is 19.2. The van der Waals surface area contributed by atoms with Gasteiger partial charge in [0.15, 0.2) is 17.5 Å². The first-order chi connectivity index (χ1) is 9.60. The summed E-state index contributed by atoms with van der Waals surface area (Å²) in [7, 11) is 0. The van der Waals surface area contributed by atoms with Crippen molar-refractivity contribution in [3.63, 3.8) is 0 Å². The first-order valence-electron chi connectivity index (χ1n) is 6.37. The number of H-pyrrole nitrogens is 1. The van der Waals surface area contributed by atoms with Crippen LogP contribution in [0.5, 0.6) is 0 Å². The quantitative estimate of drug-likeness (QED) is 0.884. The molecule has 0 bridgehead atoms. The van der Waals surface area contributed by atoms with Crippen molar-refractivity contribution in [1.82, 2.24) is 10.2 Å². The van der Waals surface area contributed by atoms with E-state index >= 15 is 0 Å². The van der Waals surface area contributed by atoms with Gasteiger partial charge in [-0.2, -0.15) is 5.10 Å². The van der Waals surface area contributed by atoms with Crippen LogP contribution in [0.25, 0.3) is 0 Å². The summed E-state index contributed by atoms with van der Waals surface area (Å²) in [6.45, 7) is 2.03. The number of aromatic nitrogens is 2. The molecule has 0 saturated carbocycles. The number of halogens is 2. The van der Waals surface area contributed by atoms with E-state index in [1.807, 2.05) is 6.92 Å². The Labute approximate surface area is 115 Å². The molecular weight excluding hydrogens is 264 g/mol. The maximum absolute atomic E-state index is 13.4. The third-order valence-corrected chi connectivity index (χ3v) is 2.80. The van der Waals surface area contributed by atoms with Crippen molar-refractivity contribution >= 4 is 11.7 Å². The van der Waals surface area contributed by atoms with Gasteiger partial charge >= 0.3 is 0 Å². The van der Waals surface area contributed by atoms with Crippen molar-refractivity contribution < 1.29 is 13.6 Å². The zero-order chi connectivity index (χ0) is 14.5. The number of amides is 1. The number of benzene rings is 1. The summed E-state index contributed by atoms with van der Waals surface area (Å²) in [6.07, 6.45) is 1.56. The van der Waals surface area contributed by atoms with Crippen LogP contribution in [0.15, 0.2) is 24.3 Å². The molecule has 0 aliphatic rings. The molecule has 0 aliphatic heterocycles. The van der Waals surface area contributed by atoms with E-state index in [4.69, 9.17) is 0 Å². The van der Waals surface area contributed by atoms with Crippen LogP contribution in [0, 0.1) is 11.6 Å². The molecule has 0 aliphatic carbocycles. The standard InChI is InChI=1S/C14H15F2N3O/c1-2-4-10-8-12(19-18-10)17-13(20)7-9-5-3-6-11(15)14(9)16/h3,5-6,8H,2,4,7H2,1H3,(H2,17,18,19,20). The van der Waals surface area contributed by atoms with Crippen molar-refractivity contribution in [1.29, 1.82) is 0 Å². The summed E-state index contributed by atoms with van der Waals surface area (Å²) in [5.41, 5.74) is 0.937. The average Bonchev–Trinajstić information content (AvgIpc) is 2.83. The molecule has 0 spiro atoms. The minimum Gasteiger partial charge on any atom is -0.309 e. The molecule has 1 aromatic heterocycles. The Morgan fingerprint density at radius 2 is 2.20 bits per heavy atom. The Hall–Kier alpha value is -2.24. The lowest BCUT2D eigenvalue weighted by molar-refractivity contribution is -0.115. The van der Waals surface area contributed by atoms with Crippen LogP contribution in [0.2, 0.25) is 0 Å². The first-order valence-corrected chi connectivity index (χ1v) is 6.37. The van der Waals surface area contributed by atoms with E-state index in [-0.39, 0.29) is 12.0 Å². The van der Waals surface area contributed by atoms with Gasteiger partial charge in [0.25, 0.3) is 0 Å². The Morgan fingerprint density at radius 3 is 2.95 bits per heavy atom. The third-order valence-electron chi connectivity index (χ3n) is 2.80. The lowest BCUT2D eigenvalue weighted by Gasteiger charge is -2.04. The molecule has 0 fully saturated rings. The van der Waals surface area contributed by atoms with Gasteiger partial charge in [0.05, 0.1) is 6.42 Å². The lowest BCUT2D eigenvalue weighted by atomic mass is 10.1. The number of rotatable bonds is 5. The Kier molecular flexibility index (Phi) is 4.45. The number of aryl methyl sites for hydroxylation is 1. The van der Waals surface area contributed by atoms with E-state index in [9.17, 15) is 13.6 Å². The summed E-state index contributed by atoms with van der Waals surface area (Å²) in [4.78, 5) is 11.8. The van der Waals surface area contributed by atoms with Crippen LogP contribution in [0.4, 0.5) is 14.6 Å². The molecule has 0 saturated heterocycles. The largest absolute Gasteiger partial charge is 0.309 e. The van der Waals surface area contributed by atoms with Gasteiger partial charge in [0.2, 0.25) is 5.91 Å². The second kappa shape index (κ2) is 6.27. The van der Waals surface area contributed by atoms with Crippen molar-refractivity contribution in [3.05, 3.63) is 47.2 Å². The molecule has 0 radical (unpaired) electrons. The van der Waals surface area contributed by atoms with Gasteiger partial charge in [0, 0.05) is 17.3 Å². The topological polar surface area (TPSA) is 57.8 Å². The first kappa shape index (κ1) is 14.2. The lowest BCUT2D eigenvalue weighted by Crippen LogP contribution is -2.15. The third kappa shape index (κ3) is 3.40. The maximum atomic E-state index is 13.4. The second-order valence-corrected chi connectivity index (χ2v) is 4.47. The highest BCUT2D eigenvalue weighted by molar-refractivity contribution is 5.91. The fraction of sp³-hybridized carbons (Fsp3) is 0.286. The number of hydrogen-bond donors (Lipinski definition) is 2. The van der Waals surface area contributed by atoms with Gasteiger partial charge < -0.3 is 5.32 Å². The Balaban J connectivity index is 1.99. The monoisotopic (exact) mass is 279 g/mol. The Morgan fingerprint density at radius 1 is 1.40 bits per heavy atom. The highest BCUT2D eigenvalue weighted by Gasteiger charge is 2.12. The molecule has 20 heavy (non-hydrogen) atoms. The van der Waals surface area contributed by atoms with Crippen molar-refractivity contribution in [2.75, 3.05) is 5.32 Å². The molecule has 0 atom stereocenters. The minimum absolute atomic E-state index is 0.0202. The SMILES string of the molecule is CCCc1cc(NC(=O)Cc2cccc(F)c2F)n[nH]1. The summed E-state index contributed by atoms with van der Waals surface area (Å²) >= 11 is 0. The van der Waals surface area contributed by atoms with E-state index in [0.717, 1.165) is 24.6 Å². The van der Waals surface area contributed by atoms with Crippen LogP contribution in [-0.2, 0) is 17.6 Å². The van der Waals surface area contributed by atoms with Gasteiger partial charge in [-0.1, -0.05) is 25.5 Å². The van der Waals surface area contributed by atoms with Crippen molar-refractivity contribution in [3.8, 4) is 0 Å². The molecule has 106 valence electrons. The molecule has 4 nitrogen and oxygen atoms in total. The van der Waals surface area contributed by atoms with E-state index < -0.39 is 17.5 Å². The molecule has 2 N–H and O–H groups in total. The van der Waals surface area contributed by atoms with Gasteiger partial charge in [-0.3, -0.25) is 9.89 Å². The van der Waals surface area contributed by atoms with E-state index in [2.05, 4.69) is 15.5 Å². The second-order valence-electron chi connectivity index (χ2n) is 4.47. The zero-order valence-corrected chi connectivity index (χ0v) is 11.0. The normalized spacial score (nSPS) is 10.6. The van der Waals surface area contributed by atoms with Gasteiger partial charge in [-0.25, -0.2) is 8.78 Å². The fourth-order valence-electron chi connectivity index (χ4n) is 1.87. The fourth-order valence-corrected chi connectivity index (χ4v) is 1.87. The average molecular weight is 279 g/mol.